The highest BCUT2D eigenvalue weighted by molar-refractivity contribution is 6.28. The largest absolute Gasteiger partial charge is 0.223 e. The molecule has 0 amide bonds. The quantitative estimate of drug-likeness (QED) is 0.694. The molecule has 0 spiro atoms. The Hall–Kier alpha value is -1.93. The van der Waals surface area contributed by atoms with Crippen LogP contribution in [0.4, 0.5) is 0 Å². The van der Waals surface area contributed by atoms with Gasteiger partial charge in [-0.1, -0.05) is 36.4 Å². The monoisotopic (exact) mass is 294 g/mol. The van der Waals surface area contributed by atoms with Gasteiger partial charge in [0, 0.05) is 5.39 Å². The lowest BCUT2D eigenvalue weighted by molar-refractivity contribution is 0.991. The van der Waals surface area contributed by atoms with Crippen LogP contribution in [-0.4, -0.2) is 9.97 Å². The molecule has 0 fully saturated rings. The zero-order chi connectivity index (χ0) is 14.2. The highest BCUT2D eigenvalue weighted by atomic mass is 35.5. The fraction of sp³-hybridized carbons (Fsp3) is 0.222. The van der Waals surface area contributed by atoms with Crippen molar-refractivity contribution in [1.29, 1.82) is 0 Å². The van der Waals surface area contributed by atoms with E-state index in [-0.39, 0.29) is 0 Å². The van der Waals surface area contributed by atoms with Crippen molar-refractivity contribution in [3.63, 3.8) is 0 Å². The molecule has 2 aliphatic carbocycles. The SMILES string of the molecule is Clc1nc(C2=CCCC=C2)c2c3c(ccc2n1)C=CCC3. The molecule has 2 nitrogen and oxygen atoms in total. The number of fused-ring (bicyclic) bond motifs is 3. The van der Waals surface area contributed by atoms with Gasteiger partial charge in [0.1, 0.15) is 0 Å². The van der Waals surface area contributed by atoms with Gasteiger partial charge in [-0.25, -0.2) is 9.97 Å². The Balaban J connectivity index is 2.06. The van der Waals surface area contributed by atoms with Crippen molar-refractivity contribution in [2.45, 2.75) is 25.7 Å². The topological polar surface area (TPSA) is 25.8 Å². The summed E-state index contributed by atoms with van der Waals surface area (Å²) >= 11 is 6.14. The van der Waals surface area contributed by atoms with Gasteiger partial charge in [0.2, 0.25) is 5.28 Å². The Morgan fingerprint density at radius 3 is 2.71 bits per heavy atom. The molecule has 104 valence electrons. The third-order valence-electron chi connectivity index (χ3n) is 4.11. The van der Waals surface area contributed by atoms with E-state index < -0.39 is 0 Å². The number of aromatic nitrogens is 2. The van der Waals surface area contributed by atoms with Crippen molar-refractivity contribution < 1.29 is 0 Å². The Morgan fingerprint density at radius 2 is 1.86 bits per heavy atom. The van der Waals surface area contributed by atoms with Crippen LogP contribution < -0.4 is 0 Å². The van der Waals surface area contributed by atoms with Crippen LogP contribution in [0.2, 0.25) is 5.28 Å². The van der Waals surface area contributed by atoms with Crippen LogP contribution in [0.5, 0.6) is 0 Å². The second-order valence-corrected chi connectivity index (χ2v) is 5.79. The maximum Gasteiger partial charge on any atom is 0.223 e. The smallest absolute Gasteiger partial charge is 0.218 e. The van der Waals surface area contributed by atoms with Gasteiger partial charge in [-0.2, -0.15) is 0 Å². The Bertz CT molecular complexity index is 816. The molecule has 0 unspecified atom stereocenters. The summed E-state index contributed by atoms with van der Waals surface area (Å²) in [5.41, 5.74) is 5.72. The maximum absolute atomic E-state index is 6.14. The van der Waals surface area contributed by atoms with Gasteiger partial charge in [0.15, 0.2) is 0 Å². The molecule has 0 bridgehead atoms. The van der Waals surface area contributed by atoms with Crippen molar-refractivity contribution in [3.8, 4) is 0 Å². The number of aryl methyl sites for hydroxylation is 1. The van der Waals surface area contributed by atoms with Crippen LogP contribution in [0.25, 0.3) is 22.6 Å². The van der Waals surface area contributed by atoms with E-state index in [4.69, 9.17) is 11.6 Å². The molecular formula is C18H15ClN2. The van der Waals surface area contributed by atoms with Crippen LogP contribution in [0.15, 0.2) is 36.4 Å². The summed E-state index contributed by atoms with van der Waals surface area (Å²) in [4.78, 5) is 8.96. The van der Waals surface area contributed by atoms with E-state index in [1.54, 1.807) is 0 Å². The summed E-state index contributed by atoms with van der Waals surface area (Å²) in [6, 6.07) is 4.18. The lowest BCUT2D eigenvalue weighted by Crippen LogP contribution is -2.02. The minimum absolute atomic E-state index is 0.323. The summed E-state index contributed by atoms with van der Waals surface area (Å²) in [5, 5.41) is 1.49. The molecule has 1 heterocycles. The third kappa shape index (κ3) is 2.20. The fourth-order valence-corrected chi connectivity index (χ4v) is 3.32. The first-order valence-electron chi connectivity index (χ1n) is 7.36. The Labute approximate surface area is 128 Å². The predicted octanol–water partition coefficient (Wildman–Crippen LogP) is 4.98. The minimum atomic E-state index is 0.323. The van der Waals surface area contributed by atoms with E-state index >= 15 is 0 Å². The van der Waals surface area contributed by atoms with Gasteiger partial charge in [-0.15, -0.1) is 0 Å². The lowest BCUT2D eigenvalue weighted by Gasteiger charge is -2.17. The number of benzene rings is 1. The molecule has 4 rings (SSSR count). The van der Waals surface area contributed by atoms with Gasteiger partial charge < -0.3 is 0 Å². The molecular weight excluding hydrogens is 280 g/mol. The first kappa shape index (κ1) is 12.8. The minimum Gasteiger partial charge on any atom is -0.218 e. The number of halogens is 1. The first-order chi connectivity index (χ1) is 10.3. The molecule has 3 heteroatoms. The fourth-order valence-electron chi connectivity index (χ4n) is 3.14. The van der Waals surface area contributed by atoms with E-state index in [1.165, 1.54) is 22.1 Å². The highest BCUT2D eigenvalue weighted by Gasteiger charge is 2.17. The summed E-state index contributed by atoms with van der Waals surface area (Å²) in [6.45, 7) is 0. The third-order valence-corrected chi connectivity index (χ3v) is 4.28. The van der Waals surface area contributed by atoms with Crippen molar-refractivity contribution in [1.82, 2.24) is 9.97 Å². The highest BCUT2D eigenvalue weighted by Crippen LogP contribution is 2.34. The van der Waals surface area contributed by atoms with E-state index in [0.29, 0.717) is 5.28 Å². The zero-order valence-corrected chi connectivity index (χ0v) is 12.4. The van der Waals surface area contributed by atoms with Crippen LogP contribution >= 0.6 is 11.6 Å². The summed E-state index contributed by atoms with van der Waals surface area (Å²) in [7, 11) is 0. The van der Waals surface area contributed by atoms with Gasteiger partial charge in [-0.3, -0.25) is 0 Å². The normalized spacial score (nSPS) is 16.9. The number of hydrogen-bond donors (Lipinski definition) is 0. The summed E-state index contributed by atoms with van der Waals surface area (Å²) < 4.78 is 0. The Kier molecular flexibility index (Phi) is 3.12. The molecule has 1 aromatic carbocycles. The van der Waals surface area contributed by atoms with E-state index in [2.05, 4.69) is 46.4 Å². The molecule has 0 saturated carbocycles. The molecule has 0 radical (unpaired) electrons. The van der Waals surface area contributed by atoms with E-state index in [9.17, 15) is 0 Å². The van der Waals surface area contributed by atoms with Crippen molar-refractivity contribution in [2.75, 3.05) is 0 Å². The number of nitrogens with zero attached hydrogens (tertiary/aromatic N) is 2. The lowest BCUT2D eigenvalue weighted by atomic mass is 9.90. The summed E-state index contributed by atoms with van der Waals surface area (Å²) in [6.07, 6.45) is 15.3. The van der Waals surface area contributed by atoms with Crippen LogP contribution in [0, 0.1) is 0 Å². The van der Waals surface area contributed by atoms with E-state index in [1.807, 2.05) is 6.07 Å². The van der Waals surface area contributed by atoms with Gasteiger partial charge in [0.05, 0.1) is 11.2 Å². The number of allylic oxidation sites excluding steroid dienone is 5. The standard InChI is InChI=1S/C18H15ClN2/c19-18-20-15-11-10-12-6-4-5-9-14(12)16(15)17(21-18)13-7-2-1-3-8-13/h2,4,6-8,10-11H,1,3,5,9H2. The maximum atomic E-state index is 6.14. The first-order valence-corrected chi connectivity index (χ1v) is 7.73. The average molecular weight is 295 g/mol. The number of rotatable bonds is 1. The average Bonchev–Trinajstić information content (AvgIpc) is 2.54. The zero-order valence-electron chi connectivity index (χ0n) is 11.6. The van der Waals surface area contributed by atoms with E-state index in [0.717, 1.165) is 36.9 Å². The van der Waals surface area contributed by atoms with Gasteiger partial charge >= 0.3 is 0 Å². The molecule has 1 aromatic heterocycles. The molecule has 2 aromatic rings. The Morgan fingerprint density at radius 1 is 0.952 bits per heavy atom. The second-order valence-electron chi connectivity index (χ2n) is 5.45. The van der Waals surface area contributed by atoms with Gasteiger partial charge in [0.25, 0.3) is 0 Å². The molecule has 0 N–H and O–H groups in total. The number of hydrogen-bond acceptors (Lipinski definition) is 2. The van der Waals surface area contributed by atoms with Crippen LogP contribution in [0.3, 0.4) is 0 Å². The predicted molar refractivity (Wildman–Crippen MR) is 88.3 cm³/mol. The van der Waals surface area contributed by atoms with Crippen molar-refractivity contribution in [3.05, 3.63) is 58.5 Å². The second kappa shape index (κ2) is 5.12. The molecule has 0 aliphatic heterocycles. The molecule has 21 heavy (non-hydrogen) atoms. The van der Waals surface area contributed by atoms with Crippen molar-refractivity contribution >= 4 is 34.2 Å². The van der Waals surface area contributed by atoms with Crippen molar-refractivity contribution in [2.24, 2.45) is 0 Å². The molecule has 0 atom stereocenters. The van der Waals surface area contributed by atoms with Gasteiger partial charge in [-0.05, 0) is 60.1 Å². The summed E-state index contributed by atoms with van der Waals surface area (Å²) in [5.74, 6) is 0. The van der Waals surface area contributed by atoms with Crippen LogP contribution in [-0.2, 0) is 6.42 Å². The van der Waals surface area contributed by atoms with Crippen LogP contribution in [0.1, 0.15) is 36.1 Å². The molecule has 0 saturated heterocycles. The molecule has 2 aliphatic rings.